The summed E-state index contributed by atoms with van der Waals surface area (Å²) in [6.07, 6.45) is 0. The van der Waals surface area contributed by atoms with E-state index in [9.17, 15) is 4.79 Å². The summed E-state index contributed by atoms with van der Waals surface area (Å²) in [5.41, 5.74) is 8.98. The molecule has 94 valence electrons. The Hall–Kier alpha value is -2.20. The van der Waals surface area contributed by atoms with Crippen molar-refractivity contribution in [1.29, 1.82) is 0 Å². The molecule has 0 aromatic heterocycles. The molecule has 1 aliphatic heterocycles. The van der Waals surface area contributed by atoms with E-state index in [-0.39, 0.29) is 5.91 Å². The zero-order chi connectivity index (χ0) is 13.3. The number of benzene rings is 1. The minimum Gasteiger partial charge on any atom is -0.490 e. The highest BCUT2D eigenvalue weighted by Gasteiger charge is 2.35. The number of ether oxygens (including phenoxy) is 1. The fourth-order valence-electron chi connectivity index (χ4n) is 1.89. The monoisotopic (exact) mass is 246 g/mol. The van der Waals surface area contributed by atoms with Crippen molar-refractivity contribution in [3.05, 3.63) is 28.6 Å². The lowest BCUT2D eigenvalue weighted by Gasteiger charge is -2.24. The average Bonchev–Trinajstić information content (AvgIpc) is 2.42. The second kappa shape index (κ2) is 4.23. The molecule has 1 amide bonds. The highest BCUT2D eigenvalue weighted by Crippen LogP contribution is 2.37. The first kappa shape index (κ1) is 12.3. The summed E-state index contributed by atoms with van der Waals surface area (Å²) in [4.78, 5) is 16.5. The van der Waals surface area contributed by atoms with Crippen LogP contribution in [-0.2, 0) is 4.79 Å². The molecule has 0 aliphatic carbocycles. The minimum absolute atomic E-state index is 0.00205. The summed E-state index contributed by atoms with van der Waals surface area (Å²) in [5, 5.41) is 3.52. The first-order chi connectivity index (χ1) is 8.45. The largest absolute Gasteiger partial charge is 0.490 e. The number of fused-ring (bicyclic) bond motifs is 1. The van der Waals surface area contributed by atoms with Gasteiger partial charge in [-0.25, -0.2) is 0 Å². The van der Waals surface area contributed by atoms with E-state index in [0.29, 0.717) is 23.7 Å². The third kappa shape index (κ3) is 1.98. The van der Waals surface area contributed by atoms with Crippen LogP contribution in [0.25, 0.3) is 10.4 Å². The van der Waals surface area contributed by atoms with Crippen molar-refractivity contribution in [3.8, 4) is 5.75 Å². The Balaban J connectivity index is 2.49. The van der Waals surface area contributed by atoms with Crippen LogP contribution in [0.5, 0.6) is 5.75 Å². The summed E-state index contributed by atoms with van der Waals surface area (Å²) in [6.45, 7) is 3.97. The van der Waals surface area contributed by atoms with E-state index in [4.69, 9.17) is 10.3 Å². The predicted molar refractivity (Wildman–Crippen MR) is 67.9 cm³/mol. The number of amides is 1. The fourth-order valence-corrected chi connectivity index (χ4v) is 1.89. The molecule has 18 heavy (non-hydrogen) atoms. The van der Waals surface area contributed by atoms with Gasteiger partial charge in [-0.3, -0.25) is 4.79 Å². The molecule has 0 atom stereocenters. The number of nitrogens with zero attached hydrogens (tertiary/aromatic N) is 4. The molecular formula is C12H14N4O2. The molecule has 6 nitrogen and oxygen atoms in total. The highest BCUT2D eigenvalue weighted by molar-refractivity contribution is 5.98. The number of rotatable bonds is 1. The number of hydrogen-bond acceptors (Lipinski definition) is 3. The second-order valence-corrected chi connectivity index (χ2v) is 4.88. The topological polar surface area (TPSA) is 78.3 Å². The zero-order valence-corrected chi connectivity index (χ0v) is 10.5. The lowest BCUT2D eigenvalue weighted by molar-refractivity contribution is -0.127. The number of carbonyl (C=O) groups is 1. The molecule has 0 saturated heterocycles. The maximum absolute atomic E-state index is 12.2. The van der Waals surface area contributed by atoms with Gasteiger partial charge in [0.2, 0.25) is 5.91 Å². The molecule has 0 spiro atoms. The quantitative estimate of drug-likeness (QED) is 0.433. The van der Waals surface area contributed by atoms with Gasteiger partial charge >= 0.3 is 0 Å². The molecule has 1 aromatic rings. The SMILES string of the molecule is CN1C(=O)C(C)(C)COc2cc(N=[N+]=[N-])ccc21. The molecule has 1 heterocycles. The summed E-state index contributed by atoms with van der Waals surface area (Å²) in [7, 11) is 1.71. The third-order valence-corrected chi connectivity index (χ3v) is 2.94. The van der Waals surface area contributed by atoms with Gasteiger partial charge in [-0.2, -0.15) is 0 Å². The number of hydrogen-bond donors (Lipinski definition) is 0. The van der Waals surface area contributed by atoms with Gasteiger partial charge in [0, 0.05) is 17.6 Å². The van der Waals surface area contributed by atoms with Crippen LogP contribution in [0.2, 0.25) is 0 Å². The maximum Gasteiger partial charge on any atom is 0.235 e. The summed E-state index contributed by atoms with van der Waals surface area (Å²) < 4.78 is 5.65. The predicted octanol–water partition coefficient (Wildman–Crippen LogP) is 3.01. The van der Waals surface area contributed by atoms with E-state index in [1.807, 2.05) is 13.8 Å². The van der Waals surface area contributed by atoms with Gasteiger partial charge in [0.05, 0.1) is 11.1 Å². The first-order valence-electron chi connectivity index (χ1n) is 5.56. The van der Waals surface area contributed by atoms with Crippen LogP contribution in [0.4, 0.5) is 11.4 Å². The fraction of sp³-hybridized carbons (Fsp3) is 0.417. The molecule has 0 unspecified atom stereocenters. The van der Waals surface area contributed by atoms with Crippen LogP contribution in [0, 0.1) is 5.41 Å². The Labute approximate surface area is 105 Å². The number of carbonyl (C=O) groups excluding carboxylic acids is 1. The van der Waals surface area contributed by atoms with Crippen LogP contribution in [0.3, 0.4) is 0 Å². The van der Waals surface area contributed by atoms with E-state index in [1.54, 1.807) is 30.1 Å². The second-order valence-electron chi connectivity index (χ2n) is 4.88. The molecule has 1 aromatic carbocycles. The van der Waals surface area contributed by atoms with E-state index in [0.717, 1.165) is 0 Å². The van der Waals surface area contributed by atoms with Crippen LogP contribution >= 0.6 is 0 Å². The molecular weight excluding hydrogens is 232 g/mol. The van der Waals surface area contributed by atoms with E-state index >= 15 is 0 Å². The van der Waals surface area contributed by atoms with Crippen molar-refractivity contribution in [2.24, 2.45) is 10.5 Å². The molecule has 6 heteroatoms. The molecule has 0 radical (unpaired) electrons. The van der Waals surface area contributed by atoms with Crippen LogP contribution in [0.15, 0.2) is 23.3 Å². The summed E-state index contributed by atoms with van der Waals surface area (Å²) >= 11 is 0. The smallest absolute Gasteiger partial charge is 0.235 e. The number of anilines is 1. The van der Waals surface area contributed by atoms with Crippen molar-refractivity contribution in [1.82, 2.24) is 0 Å². The Morgan fingerprint density at radius 1 is 1.50 bits per heavy atom. The van der Waals surface area contributed by atoms with Gasteiger partial charge < -0.3 is 9.64 Å². The van der Waals surface area contributed by atoms with Crippen molar-refractivity contribution in [2.45, 2.75) is 13.8 Å². The minimum atomic E-state index is -0.577. The van der Waals surface area contributed by atoms with Crippen molar-refractivity contribution < 1.29 is 9.53 Å². The van der Waals surface area contributed by atoms with Crippen molar-refractivity contribution >= 4 is 17.3 Å². The normalized spacial score (nSPS) is 17.3. The summed E-state index contributed by atoms with van der Waals surface area (Å²) in [6, 6.07) is 5.02. The van der Waals surface area contributed by atoms with E-state index < -0.39 is 5.41 Å². The van der Waals surface area contributed by atoms with Crippen molar-refractivity contribution in [2.75, 3.05) is 18.6 Å². The highest BCUT2D eigenvalue weighted by atomic mass is 16.5. The Kier molecular flexibility index (Phi) is 2.88. The lowest BCUT2D eigenvalue weighted by atomic mass is 9.93. The van der Waals surface area contributed by atoms with Crippen LogP contribution < -0.4 is 9.64 Å². The van der Waals surface area contributed by atoms with Crippen LogP contribution in [0.1, 0.15) is 13.8 Å². The Morgan fingerprint density at radius 2 is 2.22 bits per heavy atom. The van der Waals surface area contributed by atoms with Gasteiger partial charge in [-0.1, -0.05) is 11.2 Å². The van der Waals surface area contributed by atoms with Crippen molar-refractivity contribution in [3.63, 3.8) is 0 Å². The maximum atomic E-state index is 12.2. The first-order valence-corrected chi connectivity index (χ1v) is 5.56. The lowest BCUT2D eigenvalue weighted by Crippen LogP contribution is -2.39. The third-order valence-electron chi connectivity index (χ3n) is 2.94. The van der Waals surface area contributed by atoms with Gasteiger partial charge in [-0.15, -0.1) is 0 Å². The average molecular weight is 246 g/mol. The van der Waals surface area contributed by atoms with Gasteiger partial charge in [0.15, 0.2) is 0 Å². The zero-order valence-electron chi connectivity index (χ0n) is 10.5. The molecule has 2 rings (SSSR count). The van der Waals surface area contributed by atoms with Crippen LogP contribution in [-0.4, -0.2) is 19.6 Å². The summed E-state index contributed by atoms with van der Waals surface area (Å²) in [5.74, 6) is 0.555. The van der Waals surface area contributed by atoms with E-state index in [1.165, 1.54) is 0 Å². The Bertz CT molecular complexity index is 547. The van der Waals surface area contributed by atoms with E-state index in [2.05, 4.69) is 10.0 Å². The van der Waals surface area contributed by atoms with Gasteiger partial charge in [0.1, 0.15) is 12.4 Å². The number of azide groups is 1. The van der Waals surface area contributed by atoms with Gasteiger partial charge in [-0.05, 0) is 31.5 Å². The standard InChI is InChI=1S/C12H14N4O2/c1-12(2)7-18-10-6-8(14-15-13)4-5-9(10)16(3)11(12)17/h4-6H,7H2,1-3H3. The molecule has 0 fully saturated rings. The molecule has 1 aliphatic rings. The molecule has 0 saturated carbocycles. The Morgan fingerprint density at radius 3 is 2.89 bits per heavy atom. The molecule has 0 N–H and O–H groups in total. The molecule has 0 bridgehead atoms. The van der Waals surface area contributed by atoms with Gasteiger partial charge in [0.25, 0.3) is 0 Å².